The summed E-state index contributed by atoms with van der Waals surface area (Å²) < 4.78 is 20.7. The van der Waals surface area contributed by atoms with E-state index in [4.69, 9.17) is 16.3 Å². The molecular formula is C18H24ClN3O2S. The zero-order chi connectivity index (χ0) is 18.0. The first-order chi connectivity index (χ1) is 12.0. The number of methoxy groups -OCH3 is 1. The quantitative estimate of drug-likeness (QED) is 0.800. The standard InChI is InChI=1S/C18H24ClN3O2S/c1-12-18(13(2)21-20-12)25(23)22-10-8-15(9-11-22)17(24-3)14-4-6-16(19)7-5-14/h4-7,15,17H,8-11H2,1-3H3,(H,20,21). The average Bonchev–Trinajstić information content (AvgIpc) is 2.96. The van der Waals surface area contributed by atoms with Crippen molar-refractivity contribution in [2.45, 2.75) is 37.7 Å². The molecule has 2 unspecified atom stereocenters. The van der Waals surface area contributed by atoms with Crippen LogP contribution in [0.25, 0.3) is 0 Å². The summed E-state index contributed by atoms with van der Waals surface area (Å²) in [6, 6.07) is 7.85. The molecule has 0 aliphatic carbocycles. The number of rotatable bonds is 5. The minimum absolute atomic E-state index is 0.0465. The van der Waals surface area contributed by atoms with Crippen LogP contribution in [0.5, 0.6) is 0 Å². The Kier molecular flexibility index (Phi) is 6.07. The molecule has 0 radical (unpaired) electrons. The predicted octanol–water partition coefficient (Wildman–Crippen LogP) is 3.80. The Morgan fingerprint density at radius 3 is 2.44 bits per heavy atom. The Hall–Kier alpha value is -1.05. The Morgan fingerprint density at radius 2 is 1.92 bits per heavy atom. The number of aromatic nitrogens is 2. The SMILES string of the molecule is COC(c1ccc(Cl)cc1)C1CCN([S+]([O-])c2c(C)n[nH]c2C)CC1. The smallest absolute Gasteiger partial charge is 0.217 e. The molecule has 0 saturated carbocycles. The van der Waals surface area contributed by atoms with Gasteiger partial charge in [0.15, 0.2) is 0 Å². The average molecular weight is 382 g/mol. The van der Waals surface area contributed by atoms with Gasteiger partial charge in [0, 0.05) is 25.2 Å². The van der Waals surface area contributed by atoms with E-state index in [9.17, 15) is 4.55 Å². The molecule has 7 heteroatoms. The third kappa shape index (κ3) is 4.04. The molecule has 1 aromatic heterocycles. The van der Waals surface area contributed by atoms with Gasteiger partial charge in [0.05, 0.1) is 23.2 Å². The molecule has 1 aromatic carbocycles. The number of H-pyrrole nitrogens is 1. The second-order valence-electron chi connectivity index (χ2n) is 6.49. The lowest BCUT2D eigenvalue weighted by Gasteiger charge is -2.35. The van der Waals surface area contributed by atoms with Crippen molar-refractivity contribution in [3.05, 3.63) is 46.2 Å². The van der Waals surface area contributed by atoms with Crippen LogP contribution in [-0.2, 0) is 16.1 Å². The number of nitrogens with one attached hydrogen (secondary N) is 1. The number of ether oxygens (including phenoxy) is 1. The van der Waals surface area contributed by atoms with Gasteiger partial charge in [0.2, 0.25) is 4.90 Å². The molecule has 0 amide bonds. The van der Waals surface area contributed by atoms with Gasteiger partial charge in [-0.25, -0.2) is 0 Å². The molecule has 2 atom stereocenters. The first-order valence-corrected chi connectivity index (χ1v) is 9.96. The zero-order valence-corrected chi connectivity index (χ0v) is 16.4. The molecule has 1 aliphatic heterocycles. The topological polar surface area (TPSA) is 64.2 Å². The lowest BCUT2D eigenvalue weighted by molar-refractivity contribution is 0.0303. The highest BCUT2D eigenvalue weighted by atomic mass is 35.5. The van der Waals surface area contributed by atoms with Crippen LogP contribution in [0, 0.1) is 19.8 Å². The van der Waals surface area contributed by atoms with Gasteiger partial charge in [-0.05, 0) is 50.3 Å². The molecule has 25 heavy (non-hydrogen) atoms. The maximum absolute atomic E-state index is 12.9. The van der Waals surface area contributed by atoms with Crippen molar-refractivity contribution in [2.24, 2.45) is 5.92 Å². The summed E-state index contributed by atoms with van der Waals surface area (Å²) in [6.45, 7) is 5.38. The van der Waals surface area contributed by atoms with Crippen LogP contribution in [0.2, 0.25) is 5.02 Å². The van der Waals surface area contributed by atoms with Gasteiger partial charge in [0.25, 0.3) is 0 Å². The third-order valence-corrected chi connectivity index (χ3v) is 6.89. The number of benzene rings is 1. The van der Waals surface area contributed by atoms with Crippen molar-refractivity contribution >= 4 is 23.0 Å². The minimum Gasteiger partial charge on any atom is -0.593 e. The van der Waals surface area contributed by atoms with Crippen molar-refractivity contribution in [1.82, 2.24) is 14.5 Å². The zero-order valence-electron chi connectivity index (χ0n) is 14.8. The fourth-order valence-electron chi connectivity index (χ4n) is 3.52. The van der Waals surface area contributed by atoms with E-state index < -0.39 is 11.4 Å². The molecule has 5 nitrogen and oxygen atoms in total. The van der Waals surface area contributed by atoms with Gasteiger partial charge in [0.1, 0.15) is 5.69 Å². The van der Waals surface area contributed by atoms with Crippen LogP contribution in [-0.4, -0.2) is 39.3 Å². The Balaban J connectivity index is 1.65. The van der Waals surface area contributed by atoms with Crippen molar-refractivity contribution in [3.8, 4) is 0 Å². The van der Waals surface area contributed by atoms with Gasteiger partial charge >= 0.3 is 0 Å². The Morgan fingerprint density at radius 1 is 1.28 bits per heavy atom. The van der Waals surface area contributed by atoms with Crippen molar-refractivity contribution in [3.63, 3.8) is 0 Å². The second kappa shape index (κ2) is 8.10. The summed E-state index contributed by atoms with van der Waals surface area (Å²) in [7, 11) is 1.75. The molecule has 1 saturated heterocycles. The molecule has 0 spiro atoms. The highest BCUT2D eigenvalue weighted by Crippen LogP contribution is 2.35. The molecular weight excluding hydrogens is 358 g/mol. The number of nitrogens with zero attached hydrogens (tertiary/aromatic N) is 2. The monoisotopic (exact) mass is 381 g/mol. The second-order valence-corrected chi connectivity index (χ2v) is 8.35. The van der Waals surface area contributed by atoms with E-state index >= 15 is 0 Å². The van der Waals surface area contributed by atoms with Crippen molar-refractivity contribution in [2.75, 3.05) is 20.2 Å². The molecule has 0 bridgehead atoms. The summed E-state index contributed by atoms with van der Waals surface area (Å²) in [5.74, 6) is 0.408. The Bertz CT molecular complexity index is 679. The number of aromatic amines is 1. The number of hydrogen-bond acceptors (Lipinski definition) is 4. The molecule has 2 aromatic rings. The largest absolute Gasteiger partial charge is 0.593 e. The number of piperidine rings is 1. The van der Waals surface area contributed by atoms with E-state index in [1.54, 1.807) is 7.11 Å². The maximum Gasteiger partial charge on any atom is 0.217 e. The van der Waals surface area contributed by atoms with Gasteiger partial charge in [-0.3, -0.25) is 5.10 Å². The van der Waals surface area contributed by atoms with E-state index in [1.807, 2.05) is 42.4 Å². The summed E-state index contributed by atoms with van der Waals surface area (Å²) in [6.07, 6.45) is 1.94. The fourth-order valence-corrected chi connectivity index (χ4v) is 5.06. The summed E-state index contributed by atoms with van der Waals surface area (Å²) in [4.78, 5) is 0.819. The fraction of sp³-hybridized carbons (Fsp3) is 0.500. The van der Waals surface area contributed by atoms with E-state index in [0.717, 1.165) is 52.8 Å². The summed E-state index contributed by atoms with van der Waals surface area (Å²) >= 11 is 4.83. The molecule has 136 valence electrons. The van der Waals surface area contributed by atoms with Crippen LogP contribution in [0.1, 0.15) is 35.9 Å². The van der Waals surface area contributed by atoms with E-state index in [-0.39, 0.29) is 6.10 Å². The third-order valence-electron chi connectivity index (χ3n) is 4.85. The van der Waals surface area contributed by atoms with Crippen LogP contribution in [0.3, 0.4) is 0 Å². The molecule has 3 rings (SSSR count). The lowest BCUT2D eigenvalue weighted by Crippen LogP contribution is -2.40. The van der Waals surface area contributed by atoms with Crippen molar-refractivity contribution in [1.29, 1.82) is 0 Å². The predicted molar refractivity (Wildman–Crippen MR) is 100.0 cm³/mol. The first kappa shape index (κ1) is 18.7. The van der Waals surface area contributed by atoms with Gasteiger partial charge in [-0.1, -0.05) is 23.7 Å². The lowest BCUT2D eigenvalue weighted by atomic mass is 9.88. The number of aryl methyl sites for hydroxylation is 2. The van der Waals surface area contributed by atoms with E-state index in [1.165, 1.54) is 0 Å². The molecule has 1 aliphatic rings. The molecule has 1 N–H and O–H groups in total. The first-order valence-electron chi connectivity index (χ1n) is 8.48. The van der Waals surface area contributed by atoms with Crippen LogP contribution in [0.4, 0.5) is 0 Å². The maximum atomic E-state index is 12.9. The van der Waals surface area contributed by atoms with E-state index in [2.05, 4.69) is 10.2 Å². The number of halogens is 1. The van der Waals surface area contributed by atoms with Crippen LogP contribution < -0.4 is 0 Å². The van der Waals surface area contributed by atoms with Gasteiger partial charge in [-0.2, -0.15) is 5.10 Å². The Labute approximate surface area is 157 Å². The highest BCUT2D eigenvalue weighted by Gasteiger charge is 2.35. The number of hydrogen-bond donors (Lipinski definition) is 1. The van der Waals surface area contributed by atoms with Crippen LogP contribution in [0.15, 0.2) is 29.2 Å². The summed E-state index contributed by atoms with van der Waals surface area (Å²) in [5, 5.41) is 7.81. The van der Waals surface area contributed by atoms with Gasteiger partial charge in [-0.15, -0.1) is 4.31 Å². The normalized spacial score (nSPS) is 19.1. The van der Waals surface area contributed by atoms with E-state index in [0.29, 0.717) is 5.92 Å². The summed E-state index contributed by atoms with van der Waals surface area (Å²) in [5.41, 5.74) is 2.84. The van der Waals surface area contributed by atoms with Gasteiger partial charge < -0.3 is 9.29 Å². The highest BCUT2D eigenvalue weighted by molar-refractivity contribution is 7.89. The minimum atomic E-state index is -1.16. The molecule has 1 fully saturated rings. The van der Waals surface area contributed by atoms with Crippen molar-refractivity contribution < 1.29 is 9.29 Å². The molecule has 2 heterocycles. The van der Waals surface area contributed by atoms with Crippen LogP contribution >= 0.6 is 11.6 Å².